The van der Waals surface area contributed by atoms with Gasteiger partial charge in [-0.2, -0.15) is 0 Å². The van der Waals surface area contributed by atoms with Gasteiger partial charge in [0.25, 0.3) is 0 Å². The van der Waals surface area contributed by atoms with E-state index in [-0.39, 0.29) is 6.61 Å². The maximum Gasteiger partial charge on any atom is 0.166 e. The Hall–Kier alpha value is -1.26. The van der Waals surface area contributed by atoms with E-state index in [2.05, 4.69) is 11.0 Å². The van der Waals surface area contributed by atoms with Crippen LogP contribution in [-0.4, -0.2) is 42.9 Å². The molecule has 2 aliphatic heterocycles. The lowest BCUT2D eigenvalue weighted by Gasteiger charge is -2.28. The zero-order valence-electron chi connectivity index (χ0n) is 11.2. The van der Waals surface area contributed by atoms with Crippen LogP contribution in [0.1, 0.15) is 30.9 Å². The summed E-state index contributed by atoms with van der Waals surface area (Å²) in [7, 11) is 0. The highest BCUT2D eigenvalue weighted by Crippen LogP contribution is 2.42. The van der Waals surface area contributed by atoms with Crippen LogP contribution in [0, 0.1) is 0 Å². The zero-order valence-corrected chi connectivity index (χ0v) is 11.2. The highest BCUT2D eigenvalue weighted by Gasteiger charge is 2.29. The van der Waals surface area contributed by atoms with Crippen LogP contribution < -0.4 is 9.47 Å². The third-order valence-corrected chi connectivity index (χ3v) is 3.92. The summed E-state index contributed by atoms with van der Waals surface area (Å²) >= 11 is 0. The molecule has 0 bridgehead atoms. The molecule has 0 aliphatic carbocycles. The molecule has 4 heteroatoms. The fourth-order valence-electron chi connectivity index (χ4n) is 3.08. The molecule has 4 nitrogen and oxygen atoms in total. The minimum Gasteiger partial charge on any atom is -0.486 e. The Labute approximate surface area is 113 Å². The van der Waals surface area contributed by atoms with Gasteiger partial charge in [0.05, 0.1) is 0 Å². The molecular formula is C15H21NO3. The Kier molecular flexibility index (Phi) is 3.89. The predicted molar refractivity (Wildman–Crippen MR) is 72.7 cm³/mol. The molecule has 0 radical (unpaired) electrons. The van der Waals surface area contributed by atoms with Gasteiger partial charge in [0.15, 0.2) is 11.5 Å². The fraction of sp³-hybridized carbons (Fsp3) is 0.600. The van der Waals surface area contributed by atoms with Gasteiger partial charge in [-0.3, -0.25) is 4.90 Å². The van der Waals surface area contributed by atoms with E-state index in [1.54, 1.807) is 0 Å². The van der Waals surface area contributed by atoms with E-state index >= 15 is 0 Å². The second kappa shape index (κ2) is 5.80. The average Bonchev–Trinajstić information content (AvgIpc) is 2.92. The SMILES string of the molecule is OCCCN1CCCC1c1cccc2c1OCCO2. The topological polar surface area (TPSA) is 41.9 Å². The lowest BCUT2D eigenvalue weighted by Crippen LogP contribution is -2.26. The van der Waals surface area contributed by atoms with E-state index in [4.69, 9.17) is 14.6 Å². The molecule has 0 spiro atoms. The van der Waals surface area contributed by atoms with Crippen molar-refractivity contribution in [2.75, 3.05) is 32.9 Å². The second-order valence-corrected chi connectivity index (χ2v) is 5.14. The number of fused-ring (bicyclic) bond motifs is 1. The van der Waals surface area contributed by atoms with Gasteiger partial charge in [0.2, 0.25) is 0 Å². The molecule has 2 heterocycles. The Bertz CT molecular complexity index is 435. The van der Waals surface area contributed by atoms with E-state index in [1.165, 1.54) is 12.0 Å². The van der Waals surface area contributed by atoms with Crippen molar-refractivity contribution in [3.8, 4) is 11.5 Å². The minimum absolute atomic E-state index is 0.260. The molecule has 0 aromatic heterocycles. The highest BCUT2D eigenvalue weighted by atomic mass is 16.6. The number of hydrogen-bond acceptors (Lipinski definition) is 4. The van der Waals surface area contributed by atoms with Gasteiger partial charge in [0.1, 0.15) is 13.2 Å². The van der Waals surface area contributed by atoms with Gasteiger partial charge in [-0.1, -0.05) is 12.1 Å². The smallest absolute Gasteiger partial charge is 0.166 e. The van der Waals surface area contributed by atoms with Crippen LogP contribution in [0.25, 0.3) is 0 Å². The van der Waals surface area contributed by atoms with Gasteiger partial charge in [-0.25, -0.2) is 0 Å². The van der Waals surface area contributed by atoms with Crippen LogP contribution in [0.3, 0.4) is 0 Å². The standard InChI is InChI=1S/C15H21NO3/c17-9-3-8-16-7-2-5-13(16)12-4-1-6-14-15(12)19-11-10-18-14/h1,4,6,13,17H,2-3,5,7-11H2. The molecule has 0 saturated carbocycles. The van der Waals surface area contributed by atoms with Crippen molar-refractivity contribution < 1.29 is 14.6 Å². The summed E-state index contributed by atoms with van der Waals surface area (Å²) in [5.41, 5.74) is 1.24. The van der Waals surface area contributed by atoms with Crippen molar-refractivity contribution in [3.63, 3.8) is 0 Å². The Balaban J connectivity index is 1.84. The molecule has 1 saturated heterocycles. The number of aliphatic hydroxyl groups excluding tert-OH is 1. The Morgan fingerprint density at radius 2 is 2.16 bits per heavy atom. The first kappa shape index (κ1) is 12.8. The van der Waals surface area contributed by atoms with Crippen molar-refractivity contribution in [1.29, 1.82) is 0 Å². The van der Waals surface area contributed by atoms with Crippen molar-refractivity contribution in [1.82, 2.24) is 4.90 Å². The third-order valence-electron chi connectivity index (χ3n) is 3.92. The number of aliphatic hydroxyl groups is 1. The van der Waals surface area contributed by atoms with Crippen LogP contribution in [0.4, 0.5) is 0 Å². The number of nitrogens with zero attached hydrogens (tertiary/aromatic N) is 1. The number of rotatable bonds is 4. The fourth-order valence-corrected chi connectivity index (χ4v) is 3.08. The molecule has 0 amide bonds. The maximum atomic E-state index is 9.00. The maximum absolute atomic E-state index is 9.00. The summed E-state index contributed by atoms with van der Waals surface area (Å²) < 4.78 is 11.5. The van der Waals surface area contributed by atoms with E-state index < -0.39 is 0 Å². The number of hydrogen-bond donors (Lipinski definition) is 1. The van der Waals surface area contributed by atoms with Gasteiger partial charge in [-0.05, 0) is 31.9 Å². The normalized spacial score (nSPS) is 22.7. The molecule has 1 aromatic rings. The zero-order chi connectivity index (χ0) is 13.1. The lowest BCUT2D eigenvalue weighted by atomic mass is 10.0. The third kappa shape index (κ3) is 2.55. The number of para-hydroxylation sites is 1. The van der Waals surface area contributed by atoms with Crippen molar-refractivity contribution in [2.45, 2.75) is 25.3 Å². The molecule has 1 unspecified atom stereocenters. The van der Waals surface area contributed by atoms with E-state index in [1.807, 2.05) is 12.1 Å². The first-order valence-electron chi connectivity index (χ1n) is 7.13. The largest absolute Gasteiger partial charge is 0.486 e. The molecule has 1 fully saturated rings. The minimum atomic E-state index is 0.260. The summed E-state index contributed by atoms with van der Waals surface area (Å²) in [6.45, 7) is 3.58. The first-order valence-corrected chi connectivity index (χ1v) is 7.13. The number of benzene rings is 1. The van der Waals surface area contributed by atoms with E-state index in [0.717, 1.165) is 37.4 Å². The molecule has 1 atom stereocenters. The second-order valence-electron chi connectivity index (χ2n) is 5.14. The van der Waals surface area contributed by atoms with Crippen molar-refractivity contribution in [3.05, 3.63) is 23.8 Å². The molecule has 3 rings (SSSR count). The summed E-state index contributed by atoms with van der Waals surface area (Å²) in [6, 6.07) is 6.58. The summed E-state index contributed by atoms with van der Waals surface area (Å²) in [5, 5.41) is 9.00. The van der Waals surface area contributed by atoms with Gasteiger partial charge in [-0.15, -0.1) is 0 Å². The molecule has 2 aliphatic rings. The van der Waals surface area contributed by atoms with Crippen LogP contribution >= 0.6 is 0 Å². The Morgan fingerprint density at radius 3 is 3.05 bits per heavy atom. The molecular weight excluding hydrogens is 242 g/mol. The molecule has 19 heavy (non-hydrogen) atoms. The lowest BCUT2D eigenvalue weighted by molar-refractivity contribution is 0.162. The quantitative estimate of drug-likeness (QED) is 0.902. The summed E-state index contributed by atoms with van der Waals surface area (Å²) in [4.78, 5) is 2.45. The number of likely N-dealkylation sites (tertiary alicyclic amines) is 1. The highest BCUT2D eigenvalue weighted by molar-refractivity contribution is 5.49. The van der Waals surface area contributed by atoms with Gasteiger partial charge >= 0.3 is 0 Å². The Morgan fingerprint density at radius 1 is 1.26 bits per heavy atom. The van der Waals surface area contributed by atoms with Crippen LogP contribution in [-0.2, 0) is 0 Å². The average molecular weight is 263 g/mol. The van der Waals surface area contributed by atoms with E-state index in [0.29, 0.717) is 19.3 Å². The van der Waals surface area contributed by atoms with E-state index in [9.17, 15) is 0 Å². The summed E-state index contributed by atoms with van der Waals surface area (Å²) in [6.07, 6.45) is 3.20. The van der Waals surface area contributed by atoms with Crippen LogP contribution in [0.2, 0.25) is 0 Å². The first-order chi connectivity index (χ1) is 9.40. The van der Waals surface area contributed by atoms with Crippen molar-refractivity contribution >= 4 is 0 Å². The monoisotopic (exact) mass is 263 g/mol. The van der Waals surface area contributed by atoms with Gasteiger partial charge < -0.3 is 14.6 Å². The van der Waals surface area contributed by atoms with Gasteiger partial charge in [0, 0.05) is 24.8 Å². The van der Waals surface area contributed by atoms with Crippen molar-refractivity contribution in [2.24, 2.45) is 0 Å². The summed E-state index contributed by atoms with van der Waals surface area (Å²) in [5.74, 6) is 1.80. The number of ether oxygens (including phenoxy) is 2. The molecule has 1 N–H and O–H groups in total. The van der Waals surface area contributed by atoms with Crippen LogP contribution in [0.5, 0.6) is 11.5 Å². The van der Waals surface area contributed by atoms with Crippen LogP contribution in [0.15, 0.2) is 18.2 Å². The molecule has 104 valence electrons. The predicted octanol–water partition coefficient (Wildman–Crippen LogP) is 1.98. The molecule has 1 aromatic carbocycles.